The molecule has 24 heavy (non-hydrogen) atoms. The summed E-state index contributed by atoms with van der Waals surface area (Å²) in [7, 11) is 0. The molecule has 0 saturated carbocycles. The monoisotopic (exact) mass is 317 g/mol. The Kier molecular flexibility index (Phi) is 4.18. The standard InChI is InChI=1S/C21H23N3/c22-19-6-7-20-18(14-19)8-11-23-21(20)17-9-12-24(13-10-17)15-16-4-2-1-3-5-16/h1-8,11,14,17H,9-10,12-13,15,22H2. The summed E-state index contributed by atoms with van der Waals surface area (Å²) in [5.41, 5.74) is 9.37. The Morgan fingerprint density at radius 2 is 1.79 bits per heavy atom. The van der Waals surface area contributed by atoms with E-state index in [1.807, 2.05) is 18.3 Å². The molecule has 0 bridgehead atoms. The maximum atomic E-state index is 5.92. The van der Waals surface area contributed by atoms with E-state index < -0.39 is 0 Å². The number of rotatable bonds is 3. The molecule has 0 radical (unpaired) electrons. The van der Waals surface area contributed by atoms with E-state index in [0.29, 0.717) is 5.92 Å². The van der Waals surface area contributed by atoms with Crippen molar-refractivity contribution in [3.63, 3.8) is 0 Å². The van der Waals surface area contributed by atoms with E-state index in [-0.39, 0.29) is 0 Å². The topological polar surface area (TPSA) is 42.1 Å². The summed E-state index contributed by atoms with van der Waals surface area (Å²) >= 11 is 0. The van der Waals surface area contributed by atoms with Crippen molar-refractivity contribution in [3.05, 3.63) is 72.1 Å². The number of hydrogen-bond donors (Lipinski definition) is 1. The molecular weight excluding hydrogens is 294 g/mol. The first-order valence-corrected chi connectivity index (χ1v) is 8.70. The number of anilines is 1. The highest BCUT2D eigenvalue weighted by molar-refractivity contribution is 5.87. The molecule has 3 aromatic rings. The fourth-order valence-electron chi connectivity index (χ4n) is 3.75. The van der Waals surface area contributed by atoms with Crippen LogP contribution >= 0.6 is 0 Å². The summed E-state index contributed by atoms with van der Waals surface area (Å²) in [6.07, 6.45) is 4.26. The second-order valence-corrected chi connectivity index (χ2v) is 6.71. The fourth-order valence-corrected chi connectivity index (χ4v) is 3.75. The predicted molar refractivity (Wildman–Crippen MR) is 99.8 cm³/mol. The molecule has 1 fully saturated rings. The van der Waals surface area contributed by atoms with Crippen LogP contribution in [0.15, 0.2) is 60.8 Å². The second-order valence-electron chi connectivity index (χ2n) is 6.71. The SMILES string of the molecule is Nc1ccc2c(C3CCN(Cc4ccccc4)CC3)nccc2c1. The molecule has 122 valence electrons. The van der Waals surface area contributed by atoms with Crippen LogP contribution in [0.4, 0.5) is 5.69 Å². The van der Waals surface area contributed by atoms with Crippen molar-refractivity contribution in [2.45, 2.75) is 25.3 Å². The lowest BCUT2D eigenvalue weighted by atomic mass is 9.90. The van der Waals surface area contributed by atoms with Crippen molar-refractivity contribution in [2.24, 2.45) is 0 Å². The van der Waals surface area contributed by atoms with Crippen LogP contribution in [0.2, 0.25) is 0 Å². The average Bonchev–Trinajstić information content (AvgIpc) is 2.62. The third-order valence-corrected chi connectivity index (χ3v) is 5.04. The molecule has 1 aromatic heterocycles. The number of fused-ring (bicyclic) bond motifs is 1. The van der Waals surface area contributed by atoms with Crippen molar-refractivity contribution < 1.29 is 0 Å². The number of hydrogen-bond acceptors (Lipinski definition) is 3. The number of likely N-dealkylation sites (tertiary alicyclic amines) is 1. The van der Waals surface area contributed by atoms with Gasteiger partial charge in [0.1, 0.15) is 0 Å². The Balaban J connectivity index is 1.48. The molecule has 0 spiro atoms. The molecule has 2 N–H and O–H groups in total. The van der Waals surface area contributed by atoms with Gasteiger partial charge in [0, 0.05) is 29.7 Å². The van der Waals surface area contributed by atoms with Gasteiger partial charge in [0.25, 0.3) is 0 Å². The molecule has 2 aromatic carbocycles. The van der Waals surface area contributed by atoms with E-state index in [2.05, 4.69) is 47.4 Å². The smallest absolute Gasteiger partial charge is 0.0513 e. The molecule has 1 saturated heterocycles. The van der Waals surface area contributed by atoms with Gasteiger partial charge in [-0.15, -0.1) is 0 Å². The third-order valence-electron chi connectivity index (χ3n) is 5.04. The van der Waals surface area contributed by atoms with Gasteiger partial charge < -0.3 is 5.73 Å². The van der Waals surface area contributed by atoms with E-state index in [1.165, 1.54) is 34.9 Å². The highest BCUT2D eigenvalue weighted by atomic mass is 15.1. The minimum Gasteiger partial charge on any atom is -0.399 e. The number of nitrogens with two attached hydrogens (primary N) is 1. The van der Waals surface area contributed by atoms with Gasteiger partial charge in [-0.1, -0.05) is 36.4 Å². The van der Waals surface area contributed by atoms with E-state index in [1.54, 1.807) is 0 Å². The van der Waals surface area contributed by atoms with Crippen LogP contribution in [0.25, 0.3) is 10.8 Å². The van der Waals surface area contributed by atoms with Crippen LogP contribution in [0.5, 0.6) is 0 Å². The molecule has 1 aliphatic rings. The summed E-state index contributed by atoms with van der Waals surface area (Å²) < 4.78 is 0. The van der Waals surface area contributed by atoms with Crippen LogP contribution < -0.4 is 5.73 Å². The maximum Gasteiger partial charge on any atom is 0.0513 e. The Bertz CT molecular complexity index is 821. The van der Waals surface area contributed by atoms with Gasteiger partial charge in [0.05, 0.1) is 5.69 Å². The van der Waals surface area contributed by atoms with Gasteiger partial charge in [-0.05, 0) is 55.1 Å². The zero-order valence-corrected chi connectivity index (χ0v) is 13.9. The minimum atomic E-state index is 0.546. The molecule has 2 heterocycles. The molecule has 4 rings (SSSR count). The van der Waals surface area contributed by atoms with Gasteiger partial charge in [0.2, 0.25) is 0 Å². The molecule has 3 heteroatoms. The molecule has 0 atom stereocenters. The summed E-state index contributed by atoms with van der Waals surface area (Å²) in [6.45, 7) is 3.31. The van der Waals surface area contributed by atoms with Gasteiger partial charge in [0.15, 0.2) is 0 Å². The van der Waals surface area contributed by atoms with Crippen LogP contribution in [-0.2, 0) is 6.54 Å². The van der Waals surface area contributed by atoms with Gasteiger partial charge in [-0.2, -0.15) is 0 Å². The first-order valence-electron chi connectivity index (χ1n) is 8.70. The number of benzene rings is 2. The van der Waals surface area contributed by atoms with Crippen LogP contribution in [0, 0.1) is 0 Å². The Morgan fingerprint density at radius 1 is 1.00 bits per heavy atom. The van der Waals surface area contributed by atoms with E-state index in [9.17, 15) is 0 Å². The van der Waals surface area contributed by atoms with Crippen molar-refractivity contribution >= 4 is 16.5 Å². The van der Waals surface area contributed by atoms with Gasteiger partial charge in [-0.3, -0.25) is 9.88 Å². The first kappa shape index (κ1) is 15.2. The number of pyridine rings is 1. The van der Waals surface area contributed by atoms with Gasteiger partial charge >= 0.3 is 0 Å². The molecular formula is C21H23N3. The summed E-state index contributed by atoms with van der Waals surface area (Å²) in [5.74, 6) is 0.546. The summed E-state index contributed by atoms with van der Waals surface area (Å²) in [6, 6.07) is 19.0. The van der Waals surface area contributed by atoms with Crippen molar-refractivity contribution in [3.8, 4) is 0 Å². The molecule has 0 amide bonds. The number of nitrogen functional groups attached to an aromatic ring is 1. The van der Waals surface area contributed by atoms with Crippen molar-refractivity contribution in [2.75, 3.05) is 18.8 Å². The number of aromatic nitrogens is 1. The predicted octanol–water partition coefficient (Wildman–Crippen LogP) is 4.20. The van der Waals surface area contributed by atoms with Crippen molar-refractivity contribution in [1.82, 2.24) is 9.88 Å². The lowest BCUT2D eigenvalue weighted by molar-refractivity contribution is 0.204. The minimum absolute atomic E-state index is 0.546. The van der Waals surface area contributed by atoms with Gasteiger partial charge in [-0.25, -0.2) is 0 Å². The largest absolute Gasteiger partial charge is 0.399 e. The van der Waals surface area contributed by atoms with Crippen LogP contribution in [0.3, 0.4) is 0 Å². The molecule has 1 aliphatic heterocycles. The summed E-state index contributed by atoms with van der Waals surface area (Å²) in [4.78, 5) is 7.26. The normalized spacial score (nSPS) is 16.5. The quantitative estimate of drug-likeness (QED) is 0.736. The van der Waals surface area contributed by atoms with Crippen LogP contribution in [-0.4, -0.2) is 23.0 Å². The van der Waals surface area contributed by atoms with E-state index >= 15 is 0 Å². The highest BCUT2D eigenvalue weighted by Gasteiger charge is 2.23. The number of nitrogens with zero attached hydrogens (tertiary/aromatic N) is 2. The van der Waals surface area contributed by atoms with E-state index in [4.69, 9.17) is 10.7 Å². The zero-order valence-electron chi connectivity index (χ0n) is 13.9. The average molecular weight is 317 g/mol. The molecule has 3 nitrogen and oxygen atoms in total. The third kappa shape index (κ3) is 3.13. The second kappa shape index (κ2) is 6.62. The maximum absolute atomic E-state index is 5.92. The first-order chi connectivity index (χ1) is 11.8. The molecule has 0 unspecified atom stereocenters. The molecule has 0 aliphatic carbocycles. The van der Waals surface area contributed by atoms with Crippen molar-refractivity contribution in [1.29, 1.82) is 0 Å². The Hall–Kier alpha value is -2.39. The fraction of sp³-hybridized carbons (Fsp3) is 0.286. The number of piperidine rings is 1. The van der Waals surface area contributed by atoms with E-state index in [0.717, 1.165) is 25.3 Å². The summed E-state index contributed by atoms with van der Waals surface area (Å²) in [5, 5.41) is 2.46. The Labute approximate surface area is 143 Å². The zero-order chi connectivity index (χ0) is 16.4. The highest BCUT2D eigenvalue weighted by Crippen LogP contribution is 2.32. The van der Waals surface area contributed by atoms with Crippen LogP contribution in [0.1, 0.15) is 30.0 Å². The lowest BCUT2D eigenvalue weighted by Gasteiger charge is -2.32. The lowest BCUT2D eigenvalue weighted by Crippen LogP contribution is -2.32. The Morgan fingerprint density at radius 3 is 2.58 bits per heavy atom.